The first-order valence-electron chi connectivity index (χ1n) is 7.21. The van der Waals surface area contributed by atoms with E-state index < -0.39 is 0 Å². The summed E-state index contributed by atoms with van der Waals surface area (Å²) in [4.78, 5) is 18.9. The molecule has 1 amide bonds. The number of aromatic nitrogens is 1. The van der Waals surface area contributed by atoms with Crippen LogP contribution in [0, 0.1) is 6.92 Å². The number of amides is 1. The van der Waals surface area contributed by atoms with Crippen molar-refractivity contribution in [2.75, 3.05) is 13.1 Å². The van der Waals surface area contributed by atoms with Crippen molar-refractivity contribution in [1.82, 2.24) is 9.88 Å². The zero-order valence-corrected chi connectivity index (χ0v) is 15.3. The molecule has 1 fully saturated rings. The summed E-state index contributed by atoms with van der Waals surface area (Å²) in [6.45, 7) is 3.43. The number of piperidine rings is 1. The summed E-state index contributed by atoms with van der Waals surface area (Å²) >= 11 is 1.60. The molecule has 1 aliphatic heterocycles. The quantitative estimate of drug-likeness (QED) is 0.875. The normalized spacial score (nSPS) is 17.1. The second-order valence-electron chi connectivity index (χ2n) is 5.53. The Morgan fingerprint density at radius 1 is 1.39 bits per heavy atom. The Labute approximate surface area is 152 Å². The fourth-order valence-electron chi connectivity index (χ4n) is 2.65. The SMILES string of the molecule is Cc1csc(-c2cccc(C(=O)N3CCCC(N)C3)c2)n1.Cl.Cl. The van der Waals surface area contributed by atoms with Crippen LogP contribution >= 0.6 is 36.2 Å². The van der Waals surface area contributed by atoms with Crippen molar-refractivity contribution >= 4 is 42.1 Å². The Bertz CT molecular complexity index is 662. The van der Waals surface area contributed by atoms with Crippen molar-refractivity contribution in [2.45, 2.75) is 25.8 Å². The second kappa shape index (κ2) is 8.64. The van der Waals surface area contributed by atoms with E-state index >= 15 is 0 Å². The van der Waals surface area contributed by atoms with Crippen LogP contribution in [-0.2, 0) is 0 Å². The minimum atomic E-state index is 0. The minimum absolute atomic E-state index is 0. The zero-order valence-electron chi connectivity index (χ0n) is 12.9. The molecule has 1 unspecified atom stereocenters. The number of aryl methyl sites for hydroxylation is 1. The number of hydrogen-bond acceptors (Lipinski definition) is 4. The van der Waals surface area contributed by atoms with E-state index in [4.69, 9.17) is 5.73 Å². The highest BCUT2D eigenvalue weighted by atomic mass is 35.5. The highest BCUT2D eigenvalue weighted by molar-refractivity contribution is 7.13. The highest BCUT2D eigenvalue weighted by Crippen LogP contribution is 2.25. The molecule has 2 N–H and O–H groups in total. The number of carbonyl (C=O) groups is 1. The van der Waals surface area contributed by atoms with Crippen molar-refractivity contribution in [2.24, 2.45) is 5.73 Å². The Morgan fingerprint density at radius 3 is 2.83 bits per heavy atom. The summed E-state index contributed by atoms with van der Waals surface area (Å²) in [5.41, 5.74) is 8.69. The molecule has 2 aromatic rings. The zero-order chi connectivity index (χ0) is 14.8. The molecule has 4 nitrogen and oxygen atoms in total. The lowest BCUT2D eigenvalue weighted by Gasteiger charge is -2.30. The largest absolute Gasteiger partial charge is 0.337 e. The van der Waals surface area contributed by atoms with Gasteiger partial charge >= 0.3 is 0 Å². The van der Waals surface area contributed by atoms with Crippen molar-refractivity contribution in [3.05, 3.63) is 40.9 Å². The Morgan fingerprint density at radius 2 is 2.17 bits per heavy atom. The molecule has 0 aliphatic carbocycles. The van der Waals surface area contributed by atoms with E-state index in [1.165, 1.54) is 0 Å². The van der Waals surface area contributed by atoms with Gasteiger partial charge in [0.05, 0.1) is 0 Å². The Hall–Kier alpha value is -1.14. The molecule has 0 saturated carbocycles. The molecular weight excluding hydrogens is 353 g/mol. The van der Waals surface area contributed by atoms with Crippen LogP contribution in [0.1, 0.15) is 28.9 Å². The van der Waals surface area contributed by atoms with Gasteiger partial charge in [0, 0.05) is 41.3 Å². The van der Waals surface area contributed by atoms with E-state index in [0.29, 0.717) is 6.54 Å². The van der Waals surface area contributed by atoms with E-state index in [1.807, 2.05) is 41.5 Å². The molecule has 1 aromatic carbocycles. The van der Waals surface area contributed by atoms with E-state index in [1.54, 1.807) is 11.3 Å². The molecule has 23 heavy (non-hydrogen) atoms. The average molecular weight is 374 g/mol. The van der Waals surface area contributed by atoms with Gasteiger partial charge in [-0.25, -0.2) is 4.98 Å². The van der Waals surface area contributed by atoms with Gasteiger partial charge in [0.1, 0.15) is 5.01 Å². The van der Waals surface area contributed by atoms with Gasteiger partial charge in [0.25, 0.3) is 5.91 Å². The van der Waals surface area contributed by atoms with Crippen LogP contribution < -0.4 is 5.73 Å². The van der Waals surface area contributed by atoms with Crippen molar-refractivity contribution in [3.8, 4) is 10.6 Å². The minimum Gasteiger partial charge on any atom is -0.337 e. The van der Waals surface area contributed by atoms with Gasteiger partial charge in [0.15, 0.2) is 0 Å². The molecule has 1 atom stereocenters. The number of benzene rings is 1. The van der Waals surface area contributed by atoms with Gasteiger partial charge < -0.3 is 10.6 Å². The number of likely N-dealkylation sites (tertiary alicyclic amines) is 1. The van der Waals surface area contributed by atoms with Gasteiger partial charge in [-0.15, -0.1) is 36.2 Å². The predicted molar refractivity (Wildman–Crippen MR) is 99.9 cm³/mol. The first-order valence-corrected chi connectivity index (χ1v) is 8.09. The third-order valence-corrected chi connectivity index (χ3v) is 4.73. The first-order chi connectivity index (χ1) is 10.1. The number of carbonyl (C=O) groups excluding carboxylic acids is 1. The molecule has 0 bridgehead atoms. The number of hydrogen-bond donors (Lipinski definition) is 1. The monoisotopic (exact) mass is 373 g/mol. The summed E-state index contributed by atoms with van der Waals surface area (Å²) < 4.78 is 0. The molecule has 1 aliphatic rings. The Kier molecular flexibility index (Phi) is 7.48. The van der Waals surface area contributed by atoms with E-state index in [0.717, 1.165) is 41.2 Å². The molecule has 1 saturated heterocycles. The maximum atomic E-state index is 12.6. The number of nitrogens with zero attached hydrogens (tertiary/aromatic N) is 2. The van der Waals surface area contributed by atoms with Crippen LogP contribution in [0.25, 0.3) is 10.6 Å². The number of nitrogens with two attached hydrogens (primary N) is 1. The van der Waals surface area contributed by atoms with Gasteiger partial charge in [-0.2, -0.15) is 0 Å². The van der Waals surface area contributed by atoms with Crippen molar-refractivity contribution in [1.29, 1.82) is 0 Å². The Balaban J connectivity index is 0.00000132. The van der Waals surface area contributed by atoms with E-state index in [9.17, 15) is 4.79 Å². The van der Waals surface area contributed by atoms with Gasteiger partial charge in [-0.05, 0) is 31.9 Å². The van der Waals surface area contributed by atoms with Crippen LogP contribution in [0.3, 0.4) is 0 Å². The summed E-state index contributed by atoms with van der Waals surface area (Å²) in [5.74, 6) is 0.0697. The highest BCUT2D eigenvalue weighted by Gasteiger charge is 2.22. The van der Waals surface area contributed by atoms with Crippen LogP contribution in [0.15, 0.2) is 29.6 Å². The summed E-state index contributed by atoms with van der Waals surface area (Å²) in [7, 11) is 0. The number of thiazole rings is 1. The predicted octanol–water partition coefficient (Wildman–Crippen LogP) is 3.53. The van der Waals surface area contributed by atoms with Crippen LogP contribution in [-0.4, -0.2) is 34.9 Å². The fraction of sp³-hybridized carbons (Fsp3) is 0.375. The third-order valence-electron chi connectivity index (χ3n) is 3.72. The lowest BCUT2D eigenvalue weighted by atomic mass is 10.0. The number of halogens is 2. The summed E-state index contributed by atoms with van der Waals surface area (Å²) in [5, 5.41) is 2.98. The molecule has 3 rings (SSSR count). The molecule has 2 heterocycles. The molecule has 0 radical (unpaired) electrons. The van der Waals surface area contributed by atoms with Crippen LogP contribution in [0.5, 0.6) is 0 Å². The molecule has 126 valence electrons. The average Bonchev–Trinajstić information content (AvgIpc) is 2.93. The standard InChI is InChI=1S/C16H19N3OS.2ClH/c1-11-10-21-15(18-11)12-4-2-5-13(8-12)16(20)19-7-3-6-14(17)9-19;;/h2,4-5,8,10,14H,3,6-7,9,17H2,1H3;2*1H. The lowest BCUT2D eigenvalue weighted by molar-refractivity contribution is 0.0709. The molecule has 0 spiro atoms. The summed E-state index contributed by atoms with van der Waals surface area (Å²) in [6.07, 6.45) is 1.99. The maximum absolute atomic E-state index is 12.6. The smallest absolute Gasteiger partial charge is 0.253 e. The third kappa shape index (κ3) is 4.67. The molecule has 7 heteroatoms. The fourth-order valence-corrected chi connectivity index (χ4v) is 3.44. The van der Waals surface area contributed by atoms with Gasteiger partial charge in [0.2, 0.25) is 0 Å². The second-order valence-corrected chi connectivity index (χ2v) is 6.39. The summed E-state index contributed by atoms with van der Waals surface area (Å²) in [6, 6.07) is 7.82. The van der Waals surface area contributed by atoms with Crippen LogP contribution in [0.4, 0.5) is 0 Å². The maximum Gasteiger partial charge on any atom is 0.253 e. The number of rotatable bonds is 2. The lowest BCUT2D eigenvalue weighted by Crippen LogP contribution is -2.45. The topological polar surface area (TPSA) is 59.2 Å². The first kappa shape index (κ1) is 19.9. The van der Waals surface area contributed by atoms with Crippen LogP contribution in [0.2, 0.25) is 0 Å². The van der Waals surface area contributed by atoms with Gasteiger partial charge in [-0.3, -0.25) is 4.79 Å². The van der Waals surface area contributed by atoms with E-state index in [-0.39, 0.29) is 36.8 Å². The van der Waals surface area contributed by atoms with E-state index in [2.05, 4.69) is 4.98 Å². The molecular formula is C16H21Cl2N3OS. The molecule has 1 aromatic heterocycles. The van der Waals surface area contributed by atoms with Crippen molar-refractivity contribution in [3.63, 3.8) is 0 Å². The van der Waals surface area contributed by atoms with Crippen molar-refractivity contribution < 1.29 is 4.79 Å². The van der Waals surface area contributed by atoms with Gasteiger partial charge in [-0.1, -0.05) is 12.1 Å².